The molecular weight excluding hydrogens is 399 g/mol. The SMILES string of the molecule is CCOC(=O)[C@@]1(F)[C@H]2[C@@H]1CC[C@]2(NC(=O)[C@@H](C)NC(=O)OC(C)(C)C)C(=O)OCC. The fourth-order valence-corrected chi connectivity index (χ4v) is 4.12. The zero-order valence-electron chi connectivity index (χ0n) is 18.3. The normalized spacial score (nSPS) is 30.5. The third kappa shape index (κ3) is 4.37. The van der Waals surface area contributed by atoms with Gasteiger partial charge in [0.25, 0.3) is 0 Å². The van der Waals surface area contributed by atoms with E-state index in [1.54, 1.807) is 34.6 Å². The van der Waals surface area contributed by atoms with Crippen LogP contribution in [0.2, 0.25) is 0 Å². The Bertz CT molecular complexity index is 722. The number of hydrogen-bond donors (Lipinski definition) is 2. The molecule has 2 fully saturated rings. The number of carbonyl (C=O) groups excluding carboxylic acids is 4. The summed E-state index contributed by atoms with van der Waals surface area (Å²) in [5.41, 5.74) is -4.81. The molecule has 2 aliphatic carbocycles. The Morgan fingerprint density at radius 3 is 2.20 bits per heavy atom. The topological polar surface area (TPSA) is 120 Å². The lowest BCUT2D eigenvalue weighted by Crippen LogP contribution is -2.61. The molecule has 2 rings (SSSR count). The van der Waals surface area contributed by atoms with E-state index in [2.05, 4.69) is 10.6 Å². The first-order valence-electron chi connectivity index (χ1n) is 10.2. The average Bonchev–Trinajstić information content (AvgIpc) is 3.03. The summed E-state index contributed by atoms with van der Waals surface area (Å²) in [6.45, 7) is 9.61. The lowest BCUT2D eigenvalue weighted by atomic mass is 9.88. The number of esters is 2. The first kappa shape index (κ1) is 23.9. The largest absolute Gasteiger partial charge is 0.464 e. The van der Waals surface area contributed by atoms with Gasteiger partial charge in [0.05, 0.1) is 13.2 Å². The minimum Gasteiger partial charge on any atom is -0.464 e. The summed E-state index contributed by atoms with van der Waals surface area (Å²) in [6, 6.07) is -1.07. The molecule has 2 N–H and O–H groups in total. The van der Waals surface area contributed by atoms with E-state index in [4.69, 9.17) is 14.2 Å². The first-order valence-corrected chi connectivity index (χ1v) is 10.2. The molecule has 5 atom stereocenters. The molecule has 9 nitrogen and oxygen atoms in total. The van der Waals surface area contributed by atoms with Crippen LogP contribution in [0.25, 0.3) is 0 Å². The van der Waals surface area contributed by atoms with Crippen molar-refractivity contribution in [1.29, 1.82) is 0 Å². The average molecular weight is 430 g/mol. The number of rotatable bonds is 7. The predicted molar refractivity (Wildman–Crippen MR) is 103 cm³/mol. The number of hydrogen-bond acceptors (Lipinski definition) is 7. The van der Waals surface area contributed by atoms with Crippen molar-refractivity contribution in [3.8, 4) is 0 Å². The minimum absolute atomic E-state index is 0.000445. The van der Waals surface area contributed by atoms with Crippen molar-refractivity contribution in [2.24, 2.45) is 11.8 Å². The second kappa shape index (κ2) is 8.39. The summed E-state index contributed by atoms with van der Waals surface area (Å²) in [7, 11) is 0. The van der Waals surface area contributed by atoms with Gasteiger partial charge in [-0.3, -0.25) is 4.79 Å². The van der Waals surface area contributed by atoms with Crippen molar-refractivity contribution in [1.82, 2.24) is 10.6 Å². The second-order valence-corrected chi connectivity index (χ2v) is 8.66. The number of nitrogens with one attached hydrogen (secondary N) is 2. The molecule has 0 unspecified atom stereocenters. The Morgan fingerprint density at radius 1 is 1.10 bits per heavy atom. The van der Waals surface area contributed by atoms with Crippen molar-refractivity contribution in [3.05, 3.63) is 0 Å². The standard InChI is InChI=1S/C20H31FN2O7/c1-7-28-15(25)19(10-9-12-13(19)20(12,21)16(26)29-8-2)23-14(24)11(3)22-17(27)30-18(4,5)6/h11-13H,7-10H2,1-6H3,(H,22,27)(H,23,24)/t11-,12+,13+,19-,20+/m1/s1. The van der Waals surface area contributed by atoms with Crippen LogP contribution >= 0.6 is 0 Å². The number of amides is 2. The summed E-state index contributed by atoms with van der Waals surface area (Å²) in [4.78, 5) is 49.6. The molecule has 0 aliphatic heterocycles. The van der Waals surface area contributed by atoms with E-state index < -0.39 is 58.6 Å². The van der Waals surface area contributed by atoms with E-state index in [0.29, 0.717) is 0 Å². The molecule has 0 aromatic rings. The number of halogens is 1. The molecule has 0 heterocycles. The van der Waals surface area contributed by atoms with E-state index >= 15 is 4.39 Å². The van der Waals surface area contributed by atoms with Gasteiger partial charge in [-0.2, -0.15) is 0 Å². The molecule has 0 spiro atoms. The summed E-state index contributed by atoms with van der Waals surface area (Å²) in [6.07, 6.45) is -0.471. The van der Waals surface area contributed by atoms with Crippen LogP contribution in [0, 0.1) is 11.8 Å². The first-order chi connectivity index (χ1) is 13.8. The predicted octanol–water partition coefficient (Wildman–Crippen LogP) is 1.63. The van der Waals surface area contributed by atoms with Gasteiger partial charge in [-0.05, 0) is 54.4 Å². The fraction of sp³-hybridized carbons (Fsp3) is 0.800. The van der Waals surface area contributed by atoms with Gasteiger partial charge in [0.1, 0.15) is 17.2 Å². The zero-order valence-corrected chi connectivity index (χ0v) is 18.3. The smallest absolute Gasteiger partial charge is 0.408 e. The van der Waals surface area contributed by atoms with E-state index in [-0.39, 0.29) is 26.1 Å². The molecule has 0 bridgehead atoms. The molecule has 0 saturated heterocycles. The maximum Gasteiger partial charge on any atom is 0.408 e. The van der Waals surface area contributed by atoms with Gasteiger partial charge in [0.15, 0.2) is 0 Å². The molecule has 10 heteroatoms. The van der Waals surface area contributed by atoms with Gasteiger partial charge in [-0.1, -0.05) is 0 Å². The molecular formula is C20H31FN2O7. The van der Waals surface area contributed by atoms with Crippen molar-refractivity contribution >= 4 is 23.9 Å². The summed E-state index contributed by atoms with van der Waals surface area (Å²) in [5, 5.41) is 4.94. The van der Waals surface area contributed by atoms with Gasteiger partial charge in [-0.25, -0.2) is 18.8 Å². The highest BCUT2D eigenvalue weighted by atomic mass is 19.1. The highest BCUT2D eigenvalue weighted by Gasteiger charge is 2.83. The number of alkyl carbamates (subject to hydrolysis) is 1. The van der Waals surface area contributed by atoms with Crippen LogP contribution in [-0.2, 0) is 28.6 Å². The Balaban J connectivity index is 2.19. The lowest BCUT2D eigenvalue weighted by Gasteiger charge is -2.33. The highest BCUT2D eigenvalue weighted by Crippen LogP contribution is 2.67. The van der Waals surface area contributed by atoms with Crippen molar-refractivity contribution in [2.75, 3.05) is 13.2 Å². The molecule has 0 radical (unpaired) electrons. The number of ether oxygens (including phenoxy) is 3. The summed E-state index contributed by atoms with van der Waals surface area (Å²) < 4.78 is 30.5. The zero-order chi connectivity index (χ0) is 22.9. The fourth-order valence-electron chi connectivity index (χ4n) is 4.12. The van der Waals surface area contributed by atoms with Crippen molar-refractivity contribution < 1.29 is 37.8 Å². The molecule has 2 aliphatic rings. The van der Waals surface area contributed by atoms with Crippen LogP contribution in [0.1, 0.15) is 54.4 Å². The van der Waals surface area contributed by atoms with Crippen LogP contribution in [0.15, 0.2) is 0 Å². The molecule has 30 heavy (non-hydrogen) atoms. The van der Waals surface area contributed by atoms with Crippen LogP contribution < -0.4 is 10.6 Å². The third-order valence-corrected chi connectivity index (χ3v) is 5.37. The van der Waals surface area contributed by atoms with E-state index in [1.165, 1.54) is 6.92 Å². The van der Waals surface area contributed by atoms with Crippen LogP contribution in [0.5, 0.6) is 0 Å². The van der Waals surface area contributed by atoms with Gasteiger partial charge in [0, 0.05) is 11.8 Å². The maximum atomic E-state index is 15.4. The van der Waals surface area contributed by atoms with E-state index in [9.17, 15) is 19.2 Å². The highest BCUT2D eigenvalue weighted by molar-refractivity contribution is 5.96. The summed E-state index contributed by atoms with van der Waals surface area (Å²) >= 11 is 0. The maximum absolute atomic E-state index is 15.4. The molecule has 170 valence electrons. The van der Waals surface area contributed by atoms with Gasteiger partial charge >= 0.3 is 18.0 Å². The summed E-state index contributed by atoms with van der Waals surface area (Å²) in [5.74, 6) is -4.38. The Kier molecular flexibility index (Phi) is 6.68. The van der Waals surface area contributed by atoms with Crippen LogP contribution in [0.3, 0.4) is 0 Å². The van der Waals surface area contributed by atoms with Crippen molar-refractivity contribution in [3.63, 3.8) is 0 Å². The van der Waals surface area contributed by atoms with Gasteiger partial charge in [-0.15, -0.1) is 0 Å². The number of fused-ring (bicyclic) bond motifs is 1. The monoisotopic (exact) mass is 430 g/mol. The molecule has 2 amide bonds. The Morgan fingerprint density at radius 2 is 1.67 bits per heavy atom. The number of alkyl halides is 1. The van der Waals surface area contributed by atoms with Gasteiger partial charge in [0.2, 0.25) is 11.6 Å². The Hall–Kier alpha value is -2.39. The Labute approximate surface area is 175 Å². The van der Waals surface area contributed by atoms with Gasteiger partial charge < -0.3 is 24.8 Å². The second-order valence-electron chi connectivity index (χ2n) is 8.66. The quantitative estimate of drug-likeness (QED) is 0.465. The molecule has 2 saturated carbocycles. The molecule has 0 aromatic heterocycles. The lowest BCUT2D eigenvalue weighted by molar-refractivity contribution is -0.159. The van der Waals surface area contributed by atoms with Crippen LogP contribution in [-0.4, -0.2) is 60.0 Å². The minimum atomic E-state index is -2.35. The van der Waals surface area contributed by atoms with Crippen LogP contribution in [0.4, 0.5) is 9.18 Å². The molecule has 0 aromatic carbocycles. The van der Waals surface area contributed by atoms with Crippen molar-refractivity contribution in [2.45, 2.75) is 77.2 Å². The van der Waals surface area contributed by atoms with E-state index in [0.717, 1.165) is 0 Å². The third-order valence-electron chi connectivity index (χ3n) is 5.37. The van der Waals surface area contributed by atoms with E-state index in [1.807, 2.05) is 0 Å². The number of carbonyl (C=O) groups is 4.